The van der Waals surface area contributed by atoms with Crippen LogP contribution in [0.2, 0.25) is 0 Å². The van der Waals surface area contributed by atoms with E-state index in [1.54, 1.807) is 0 Å². The van der Waals surface area contributed by atoms with Crippen LogP contribution < -0.4 is 10.8 Å². The average Bonchev–Trinajstić information content (AvgIpc) is 1.59. The molecule has 0 amide bonds. The molecule has 0 saturated heterocycles. The van der Waals surface area contributed by atoms with Crippen LogP contribution in [0.3, 0.4) is 0 Å². The Kier molecular flexibility index (Phi) is 2.92. The van der Waals surface area contributed by atoms with Crippen LogP contribution in [-0.4, -0.2) is 11.1 Å². The van der Waals surface area contributed by atoms with Gasteiger partial charge in [-0.15, -0.1) is 0 Å². The van der Waals surface area contributed by atoms with Crippen molar-refractivity contribution in [2.75, 3.05) is 0 Å². The van der Waals surface area contributed by atoms with Gasteiger partial charge in [0.25, 0.3) is 0 Å². The number of rotatable bonds is 1. The lowest BCUT2D eigenvalue weighted by Gasteiger charge is -2.17. The van der Waals surface area contributed by atoms with Crippen LogP contribution in [0.1, 0.15) is 20.8 Å². The van der Waals surface area contributed by atoms with Crippen molar-refractivity contribution in [3.8, 4) is 0 Å². The third-order valence-electron chi connectivity index (χ3n) is 0.572. The summed E-state index contributed by atoms with van der Waals surface area (Å²) >= 11 is 0. The third kappa shape index (κ3) is 7.70. The Bertz CT molecular complexity index is 105. The quantitative estimate of drug-likeness (QED) is 0.292. The average molecular weight is 147 g/mol. The lowest BCUT2D eigenvalue weighted by atomic mass is 10.3. The summed E-state index contributed by atoms with van der Waals surface area (Å²) in [4.78, 5) is 0. The first-order valence-electron chi connectivity index (χ1n) is 2.79. The van der Waals surface area contributed by atoms with Gasteiger partial charge in [0.2, 0.25) is 0 Å². The van der Waals surface area contributed by atoms with Crippen LogP contribution >= 0.6 is 8.73 Å². The predicted molar refractivity (Wildman–Crippen MR) is 43.1 cm³/mol. The first kappa shape index (κ1) is 8.70. The van der Waals surface area contributed by atoms with Crippen molar-refractivity contribution >= 4 is 14.7 Å². The van der Waals surface area contributed by atoms with Crippen molar-refractivity contribution in [2.45, 2.75) is 25.9 Å². The number of nitrogens with one attached hydrogen (secondary N) is 2. The summed E-state index contributed by atoms with van der Waals surface area (Å²) in [7, 11) is 0.522. The standard InChI is InChI=1S/C5H14N3P/c1-5(2,3)9-8-4(6)7/h9H,1-3H3,(H4,6,7,8). The number of guanidine groups is 1. The molecule has 0 fully saturated rings. The van der Waals surface area contributed by atoms with E-state index in [0.717, 1.165) is 0 Å². The highest BCUT2D eigenvalue weighted by Crippen LogP contribution is 2.25. The molecular weight excluding hydrogens is 133 g/mol. The zero-order valence-electron chi connectivity index (χ0n) is 6.08. The summed E-state index contributed by atoms with van der Waals surface area (Å²) in [5, 5.41) is 9.85. The molecule has 4 heteroatoms. The molecule has 0 spiro atoms. The highest BCUT2D eigenvalue weighted by atomic mass is 31.1. The molecule has 4 N–H and O–H groups in total. The third-order valence-corrected chi connectivity index (χ3v) is 1.72. The van der Waals surface area contributed by atoms with Gasteiger partial charge in [-0.2, -0.15) is 0 Å². The number of hydrogen-bond acceptors (Lipinski definition) is 1. The Balaban J connectivity index is 3.39. The van der Waals surface area contributed by atoms with Gasteiger partial charge in [-0.3, -0.25) is 5.41 Å². The molecule has 0 rings (SSSR count). The van der Waals surface area contributed by atoms with Crippen molar-refractivity contribution < 1.29 is 0 Å². The largest absolute Gasteiger partial charge is 0.370 e. The minimum Gasteiger partial charge on any atom is -0.370 e. The van der Waals surface area contributed by atoms with Gasteiger partial charge in [-0.1, -0.05) is 20.8 Å². The SMILES string of the molecule is CC(C)(C)PNC(=N)N. The second-order valence-electron chi connectivity index (χ2n) is 2.91. The minimum absolute atomic E-state index is 0.0586. The monoisotopic (exact) mass is 147 g/mol. The van der Waals surface area contributed by atoms with Gasteiger partial charge in [0, 0.05) is 0 Å². The van der Waals surface area contributed by atoms with E-state index >= 15 is 0 Å². The zero-order valence-corrected chi connectivity index (χ0v) is 7.08. The Morgan fingerprint density at radius 2 is 2.00 bits per heavy atom. The normalized spacial score (nSPS) is 12.3. The molecule has 0 heterocycles. The van der Waals surface area contributed by atoms with Crippen LogP contribution in [-0.2, 0) is 0 Å². The Hall–Kier alpha value is -0.300. The molecule has 0 aliphatic heterocycles. The molecule has 0 saturated carbocycles. The summed E-state index contributed by atoms with van der Waals surface area (Å²) in [5.74, 6) is 0.0586. The molecule has 9 heavy (non-hydrogen) atoms. The van der Waals surface area contributed by atoms with Gasteiger partial charge in [0.1, 0.15) is 0 Å². The topological polar surface area (TPSA) is 61.9 Å². The van der Waals surface area contributed by atoms with Crippen molar-refractivity contribution in [1.29, 1.82) is 5.41 Å². The van der Waals surface area contributed by atoms with Gasteiger partial charge in [-0.25, -0.2) is 0 Å². The van der Waals surface area contributed by atoms with Crippen molar-refractivity contribution in [2.24, 2.45) is 5.73 Å². The Morgan fingerprint density at radius 1 is 1.56 bits per heavy atom. The summed E-state index contributed by atoms with van der Waals surface area (Å²) in [6.07, 6.45) is 0. The summed E-state index contributed by atoms with van der Waals surface area (Å²) < 4.78 is 0. The number of nitrogens with two attached hydrogens (primary N) is 1. The van der Waals surface area contributed by atoms with Crippen molar-refractivity contribution in [3.05, 3.63) is 0 Å². The van der Waals surface area contributed by atoms with E-state index < -0.39 is 0 Å². The molecule has 0 radical (unpaired) electrons. The van der Waals surface area contributed by atoms with Crippen molar-refractivity contribution in [3.63, 3.8) is 0 Å². The summed E-state index contributed by atoms with van der Waals surface area (Å²) in [6, 6.07) is 0. The second-order valence-corrected chi connectivity index (χ2v) is 4.91. The predicted octanol–water partition coefficient (Wildman–Crippen LogP) is 0.861. The fraction of sp³-hybridized carbons (Fsp3) is 0.800. The fourth-order valence-corrected chi connectivity index (χ4v) is 0.765. The lowest BCUT2D eigenvalue weighted by Crippen LogP contribution is -2.26. The molecule has 0 aromatic rings. The second kappa shape index (κ2) is 3.02. The molecule has 0 aromatic carbocycles. The van der Waals surface area contributed by atoms with E-state index in [0.29, 0.717) is 8.73 Å². The van der Waals surface area contributed by atoms with Crippen molar-refractivity contribution in [1.82, 2.24) is 5.09 Å². The van der Waals surface area contributed by atoms with Gasteiger partial charge in [-0.05, 0) is 13.9 Å². The molecule has 0 bridgehead atoms. The summed E-state index contributed by atoms with van der Waals surface area (Å²) in [5.41, 5.74) is 5.08. The highest BCUT2D eigenvalue weighted by molar-refractivity contribution is 7.38. The van der Waals surface area contributed by atoms with Gasteiger partial charge in [0.15, 0.2) is 5.96 Å². The van der Waals surface area contributed by atoms with E-state index in [1.807, 2.05) is 0 Å². The fourth-order valence-electron chi connectivity index (χ4n) is 0.255. The maximum absolute atomic E-state index is 6.85. The van der Waals surface area contributed by atoms with Gasteiger partial charge < -0.3 is 10.8 Å². The first-order chi connectivity index (χ1) is 3.92. The highest BCUT2D eigenvalue weighted by Gasteiger charge is 2.08. The molecule has 3 nitrogen and oxygen atoms in total. The Labute approximate surface area is 57.7 Å². The Morgan fingerprint density at radius 3 is 2.11 bits per heavy atom. The van der Waals surface area contributed by atoms with E-state index in [-0.39, 0.29) is 11.1 Å². The van der Waals surface area contributed by atoms with Crippen LogP contribution in [0.15, 0.2) is 0 Å². The lowest BCUT2D eigenvalue weighted by molar-refractivity contribution is 0.790. The van der Waals surface area contributed by atoms with Crippen LogP contribution in [0.4, 0.5) is 0 Å². The minimum atomic E-state index is 0.0586. The molecular formula is C5H14N3P. The molecule has 54 valence electrons. The van der Waals surface area contributed by atoms with Crippen LogP contribution in [0, 0.1) is 5.41 Å². The molecule has 0 aliphatic rings. The number of hydrogen-bond donors (Lipinski definition) is 3. The van der Waals surface area contributed by atoms with E-state index in [2.05, 4.69) is 25.9 Å². The van der Waals surface area contributed by atoms with E-state index in [4.69, 9.17) is 11.1 Å². The van der Waals surface area contributed by atoms with E-state index in [1.165, 1.54) is 0 Å². The molecule has 0 aliphatic carbocycles. The molecule has 1 atom stereocenters. The first-order valence-corrected chi connectivity index (χ1v) is 3.79. The van der Waals surface area contributed by atoms with Crippen LogP contribution in [0.25, 0.3) is 0 Å². The smallest absolute Gasteiger partial charge is 0.188 e. The maximum atomic E-state index is 6.85. The van der Waals surface area contributed by atoms with E-state index in [9.17, 15) is 0 Å². The molecule has 0 aromatic heterocycles. The van der Waals surface area contributed by atoms with Crippen LogP contribution in [0.5, 0.6) is 0 Å². The summed E-state index contributed by atoms with van der Waals surface area (Å²) in [6.45, 7) is 6.30. The molecule has 1 unspecified atom stereocenters. The maximum Gasteiger partial charge on any atom is 0.188 e. The van der Waals surface area contributed by atoms with Gasteiger partial charge >= 0.3 is 0 Å². The zero-order chi connectivity index (χ0) is 7.49. The van der Waals surface area contributed by atoms with Gasteiger partial charge in [0.05, 0.1) is 0 Å².